The number of hydrogen-bond acceptors (Lipinski definition) is 5. The number of nitrogens with one attached hydrogen (secondary N) is 2. The SMILES string of the molecule is N#CC(NC(=O)c1ccc(S(=O)(=O)Nc2ccncc2)cc1)c1ccc(F)cc1F. The van der Waals surface area contributed by atoms with Crippen LogP contribution in [0, 0.1) is 23.0 Å². The number of benzene rings is 2. The van der Waals surface area contributed by atoms with E-state index in [0.717, 1.165) is 12.1 Å². The molecule has 0 radical (unpaired) electrons. The van der Waals surface area contributed by atoms with Gasteiger partial charge in [0.05, 0.1) is 16.7 Å². The molecule has 3 rings (SSSR count). The van der Waals surface area contributed by atoms with Crippen molar-refractivity contribution in [1.29, 1.82) is 5.26 Å². The van der Waals surface area contributed by atoms with Gasteiger partial charge in [0.1, 0.15) is 17.7 Å². The van der Waals surface area contributed by atoms with Crippen LogP contribution < -0.4 is 10.0 Å². The van der Waals surface area contributed by atoms with Gasteiger partial charge in [-0.3, -0.25) is 14.5 Å². The maximum Gasteiger partial charge on any atom is 0.261 e. The Labute approximate surface area is 171 Å². The Morgan fingerprint density at radius 1 is 1.03 bits per heavy atom. The predicted molar refractivity (Wildman–Crippen MR) is 104 cm³/mol. The van der Waals surface area contributed by atoms with Crippen molar-refractivity contribution in [2.75, 3.05) is 4.72 Å². The number of carbonyl (C=O) groups is 1. The van der Waals surface area contributed by atoms with E-state index in [2.05, 4.69) is 15.0 Å². The van der Waals surface area contributed by atoms with Crippen LogP contribution >= 0.6 is 0 Å². The van der Waals surface area contributed by atoms with Gasteiger partial charge < -0.3 is 5.32 Å². The van der Waals surface area contributed by atoms with Crippen molar-refractivity contribution in [3.8, 4) is 6.07 Å². The summed E-state index contributed by atoms with van der Waals surface area (Å²) < 4.78 is 54.1. The van der Waals surface area contributed by atoms with Gasteiger partial charge in [-0.05, 0) is 42.5 Å². The van der Waals surface area contributed by atoms with Crippen molar-refractivity contribution in [3.63, 3.8) is 0 Å². The molecule has 0 aliphatic rings. The zero-order valence-electron chi connectivity index (χ0n) is 15.2. The number of hydrogen-bond donors (Lipinski definition) is 2. The van der Waals surface area contributed by atoms with Crippen molar-refractivity contribution in [2.45, 2.75) is 10.9 Å². The Bertz CT molecular complexity index is 1210. The lowest BCUT2D eigenvalue weighted by atomic mass is 10.1. The summed E-state index contributed by atoms with van der Waals surface area (Å²) in [5.74, 6) is -2.50. The van der Waals surface area contributed by atoms with E-state index in [1.165, 1.54) is 48.8 Å². The lowest BCUT2D eigenvalue weighted by Crippen LogP contribution is -2.28. The first kappa shape index (κ1) is 20.9. The van der Waals surface area contributed by atoms with E-state index in [9.17, 15) is 27.3 Å². The fourth-order valence-corrected chi connectivity index (χ4v) is 3.61. The smallest absolute Gasteiger partial charge is 0.261 e. The number of nitrogens with zero attached hydrogens (tertiary/aromatic N) is 2. The Morgan fingerprint density at radius 2 is 1.70 bits per heavy atom. The zero-order chi connectivity index (χ0) is 21.7. The number of sulfonamides is 1. The fraction of sp³-hybridized carbons (Fsp3) is 0.0500. The van der Waals surface area contributed by atoms with Crippen LogP contribution in [0.2, 0.25) is 0 Å². The molecule has 2 aromatic carbocycles. The van der Waals surface area contributed by atoms with E-state index in [-0.39, 0.29) is 16.0 Å². The maximum absolute atomic E-state index is 13.9. The van der Waals surface area contributed by atoms with Gasteiger partial charge in [-0.1, -0.05) is 6.07 Å². The first-order valence-corrected chi connectivity index (χ1v) is 9.97. The summed E-state index contributed by atoms with van der Waals surface area (Å²) in [6, 6.07) is 11.0. The molecule has 7 nitrogen and oxygen atoms in total. The number of rotatable bonds is 6. The minimum atomic E-state index is -3.88. The van der Waals surface area contributed by atoms with Gasteiger partial charge in [0.2, 0.25) is 0 Å². The van der Waals surface area contributed by atoms with Gasteiger partial charge in [-0.2, -0.15) is 5.26 Å². The average molecular weight is 428 g/mol. The number of pyridine rings is 1. The molecule has 0 aliphatic carbocycles. The molecule has 3 aromatic rings. The third kappa shape index (κ3) is 4.76. The van der Waals surface area contributed by atoms with Crippen LogP contribution in [0.1, 0.15) is 22.0 Å². The first-order valence-electron chi connectivity index (χ1n) is 8.48. The number of carbonyl (C=O) groups excluding carboxylic acids is 1. The molecule has 0 bridgehead atoms. The van der Waals surface area contributed by atoms with Crippen LogP contribution in [-0.2, 0) is 10.0 Å². The van der Waals surface area contributed by atoms with E-state index in [0.29, 0.717) is 11.8 Å². The number of nitriles is 1. The molecule has 10 heteroatoms. The van der Waals surface area contributed by atoms with Crippen LogP contribution in [0.4, 0.5) is 14.5 Å². The van der Waals surface area contributed by atoms with Gasteiger partial charge in [-0.25, -0.2) is 17.2 Å². The highest BCUT2D eigenvalue weighted by atomic mass is 32.2. The second kappa shape index (κ2) is 8.67. The molecule has 1 unspecified atom stereocenters. The van der Waals surface area contributed by atoms with Crippen molar-refractivity contribution >= 4 is 21.6 Å². The Balaban J connectivity index is 1.75. The largest absolute Gasteiger partial charge is 0.332 e. The second-order valence-electron chi connectivity index (χ2n) is 6.07. The molecular formula is C20H14F2N4O3S. The van der Waals surface area contributed by atoms with E-state index in [1.807, 2.05) is 0 Å². The molecule has 152 valence electrons. The third-order valence-corrected chi connectivity index (χ3v) is 5.43. The minimum Gasteiger partial charge on any atom is -0.332 e. The maximum atomic E-state index is 13.9. The molecule has 0 spiro atoms. The predicted octanol–water partition coefficient (Wildman–Crippen LogP) is 3.16. The molecule has 30 heavy (non-hydrogen) atoms. The second-order valence-corrected chi connectivity index (χ2v) is 7.75. The summed E-state index contributed by atoms with van der Waals surface area (Å²) in [5, 5.41) is 11.6. The number of aromatic nitrogens is 1. The van der Waals surface area contributed by atoms with E-state index < -0.39 is 33.6 Å². The molecule has 0 saturated heterocycles. The summed E-state index contributed by atoms with van der Waals surface area (Å²) in [5.41, 5.74) is 0.193. The normalized spacial score (nSPS) is 11.9. The van der Waals surface area contributed by atoms with Gasteiger partial charge in [0, 0.05) is 29.6 Å². The van der Waals surface area contributed by atoms with Gasteiger partial charge >= 0.3 is 0 Å². The Hall–Kier alpha value is -3.84. The van der Waals surface area contributed by atoms with Crippen LogP contribution in [0.3, 0.4) is 0 Å². The standard InChI is InChI=1S/C20H14F2N4O3S/c21-14-3-6-17(18(22)11-14)19(12-23)25-20(27)13-1-4-16(5-2-13)30(28,29)26-15-7-9-24-10-8-15/h1-11,19H,(H,24,26)(H,25,27). The summed E-state index contributed by atoms with van der Waals surface area (Å²) in [4.78, 5) is 16.1. The number of halogens is 2. The number of amides is 1. The van der Waals surface area contributed by atoms with Crippen molar-refractivity contribution < 1.29 is 22.0 Å². The van der Waals surface area contributed by atoms with Crippen LogP contribution in [0.25, 0.3) is 0 Å². The molecule has 2 N–H and O–H groups in total. The summed E-state index contributed by atoms with van der Waals surface area (Å²) in [6.07, 6.45) is 2.86. The molecule has 0 fully saturated rings. The summed E-state index contributed by atoms with van der Waals surface area (Å²) in [7, 11) is -3.88. The Kier molecular flexibility index (Phi) is 6.03. The molecule has 1 amide bonds. The van der Waals surface area contributed by atoms with Crippen molar-refractivity contribution in [3.05, 3.63) is 89.8 Å². The molecule has 1 aromatic heterocycles. The minimum absolute atomic E-state index is 0.0561. The number of anilines is 1. The van der Waals surface area contributed by atoms with Crippen LogP contribution in [0.5, 0.6) is 0 Å². The third-order valence-electron chi connectivity index (χ3n) is 4.04. The monoisotopic (exact) mass is 428 g/mol. The highest BCUT2D eigenvalue weighted by molar-refractivity contribution is 7.92. The first-order chi connectivity index (χ1) is 14.3. The van der Waals surface area contributed by atoms with Crippen LogP contribution in [0.15, 0.2) is 71.9 Å². The molecule has 1 heterocycles. The van der Waals surface area contributed by atoms with E-state index in [4.69, 9.17) is 0 Å². The van der Waals surface area contributed by atoms with Crippen LogP contribution in [-0.4, -0.2) is 19.3 Å². The highest BCUT2D eigenvalue weighted by Crippen LogP contribution is 2.19. The van der Waals surface area contributed by atoms with Crippen molar-refractivity contribution in [2.24, 2.45) is 0 Å². The zero-order valence-corrected chi connectivity index (χ0v) is 16.0. The molecule has 0 aliphatic heterocycles. The van der Waals surface area contributed by atoms with Gasteiger partial charge in [0.25, 0.3) is 15.9 Å². The molecule has 1 atom stereocenters. The average Bonchev–Trinajstić information content (AvgIpc) is 2.73. The quantitative estimate of drug-likeness (QED) is 0.626. The van der Waals surface area contributed by atoms with E-state index in [1.54, 1.807) is 6.07 Å². The van der Waals surface area contributed by atoms with Gasteiger partial charge in [0.15, 0.2) is 0 Å². The Morgan fingerprint density at radius 3 is 2.30 bits per heavy atom. The molecule has 0 saturated carbocycles. The van der Waals surface area contributed by atoms with Crippen molar-refractivity contribution in [1.82, 2.24) is 10.3 Å². The topological polar surface area (TPSA) is 112 Å². The molecular weight excluding hydrogens is 414 g/mol. The van der Waals surface area contributed by atoms with Gasteiger partial charge in [-0.15, -0.1) is 0 Å². The summed E-state index contributed by atoms with van der Waals surface area (Å²) >= 11 is 0. The summed E-state index contributed by atoms with van der Waals surface area (Å²) in [6.45, 7) is 0. The highest BCUT2D eigenvalue weighted by Gasteiger charge is 2.20. The fourth-order valence-electron chi connectivity index (χ4n) is 2.55. The lowest BCUT2D eigenvalue weighted by molar-refractivity contribution is 0.0944. The van der Waals surface area contributed by atoms with E-state index >= 15 is 0 Å². The lowest BCUT2D eigenvalue weighted by Gasteiger charge is -2.13.